The molecule has 0 radical (unpaired) electrons. The van der Waals surface area contributed by atoms with Crippen LogP contribution in [0.4, 0.5) is 5.69 Å². The maximum Gasteiger partial charge on any atom is 0.291 e. The highest BCUT2D eigenvalue weighted by Crippen LogP contribution is 2.29. The lowest BCUT2D eigenvalue weighted by molar-refractivity contribution is 0.0997. The van der Waals surface area contributed by atoms with Crippen LogP contribution in [0.25, 0.3) is 33.9 Å². The fraction of sp³-hybridized carbons (Fsp3) is 0.143. The Balaban J connectivity index is 1.30. The number of fused-ring (bicyclic) bond motifs is 1. The average Bonchev–Trinajstić information content (AvgIpc) is 3.52. The quantitative estimate of drug-likeness (QED) is 0.247. The number of carbonyl (C=O) groups is 1. The first-order valence-electron chi connectivity index (χ1n) is 11.2. The molecule has 0 saturated heterocycles. The Bertz CT molecular complexity index is 1450. The molecular formula is C28H23BrN2O3. The molecule has 0 aliphatic carbocycles. The van der Waals surface area contributed by atoms with Crippen molar-refractivity contribution in [2.75, 3.05) is 5.32 Å². The Morgan fingerprint density at radius 2 is 1.68 bits per heavy atom. The van der Waals surface area contributed by atoms with E-state index in [0.717, 1.165) is 33.1 Å². The van der Waals surface area contributed by atoms with Gasteiger partial charge in [-0.3, -0.25) is 4.79 Å². The van der Waals surface area contributed by atoms with E-state index >= 15 is 0 Å². The summed E-state index contributed by atoms with van der Waals surface area (Å²) in [5.41, 5.74) is 5.28. The number of nitrogens with one attached hydrogen (secondary N) is 1. The first-order chi connectivity index (χ1) is 16.5. The normalized spacial score (nSPS) is 12.1. The summed E-state index contributed by atoms with van der Waals surface area (Å²) in [6.07, 6.45) is 1.08. The zero-order chi connectivity index (χ0) is 23.7. The van der Waals surface area contributed by atoms with Crippen LogP contribution in [-0.2, 0) is 0 Å². The predicted octanol–water partition coefficient (Wildman–Crippen LogP) is 8.28. The van der Waals surface area contributed by atoms with Crippen molar-refractivity contribution in [1.82, 2.24) is 4.98 Å². The first kappa shape index (κ1) is 22.2. The second-order valence-corrected chi connectivity index (χ2v) is 9.17. The second kappa shape index (κ2) is 9.31. The van der Waals surface area contributed by atoms with Crippen molar-refractivity contribution in [1.29, 1.82) is 0 Å². The third kappa shape index (κ3) is 4.54. The van der Waals surface area contributed by atoms with Crippen molar-refractivity contribution in [3.63, 3.8) is 0 Å². The van der Waals surface area contributed by atoms with Crippen LogP contribution < -0.4 is 5.32 Å². The minimum absolute atomic E-state index is 0.248. The highest BCUT2D eigenvalue weighted by Gasteiger charge is 2.14. The second-order valence-electron chi connectivity index (χ2n) is 8.26. The molecule has 5 rings (SSSR count). The number of nitrogens with zero attached hydrogens (tertiary/aromatic N) is 1. The van der Waals surface area contributed by atoms with Gasteiger partial charge in [-0.2, -0.15) is 0 Å². The van der Waals surface area contributed by atoms with E-state index in [9.17, 15) is 4.79 Å². The predicted molar refractivity (Wildman–Crippen MR) is 138 cm³/mol. The Morgan fingerprint density at radius 1 is 0.941 bits per heavy atom. The Hall–Kier alpha value is -3.64. The number of hydrogen-bond donors (Lipinski definition) is 1. The number of aromatic nitrogens is 1. The third-order valence-electron chi connectivity index (χ3n) is 5.94. The molecule has 5 aromatic rings. The summed E-state index contributed by atoms with van der Waals surface area (Å²) in [5.74, 6) is 1.61. The van der Waals surface area contributed by atoms with Gasteiger partial charge in [0.25, 0.3) is 5.91 Å². The molecule has 1 N–H and O–H groups in total. The van der Waals surface area contributed by atoms with E-state index in [4.69, 9.17) is 8.83 Å². The average molecular weight is 515 g/mol. The maximum atomic E-state index is 12.7. The van der Waals surface area contributed by atoms with E-state index < -0.39 is 0 Å². The summed E-state index contributed by atoms with van der Waals surface area (Å²) in [6, 6.07) is 24.8. The number of oxazole rings is 1. The van der Waals surface area contributed by atoms with Gasteiger partial charge in [0.05, 0.1) is 0 Å². The van der Waals surface area contributed by atoms with Crippen molar-refractivity contribution in [3.8, 4) is 22.8 Å². The zero-order valence-electron chi connectivity index (χ0n) is 18.8. The lowest BCUT2D eigenvalue weighted by Gasteiger charge is -2.07. The van der Waals surface area contributed by atoms with Gasteiger partial charge in [-0.15, -0.1) is 0 Å². The monoisotopic (exact) mass is 514 g/mol. The van der Waals surface area contributed by atoms with E-state index in [1.165, 1.54) is 5.56 Å². The molecule has 2 heterocycles. The van der Waals surface area contributed by atoms with Crippen LogP contribution in [0.2, 0.25) is 0 Å². The highest BCUT2D eigenvalue weighted by molar-refractivity contribution is 9.10. The van der Waals surface area contributed by atoms with Gasteiger partial charge >= 0.3 is 0 Å². The maximum absolute atomic E-state index is 12.7. The number of rotatable bonds is 6. The minimum Gasteiger partial charge on any atom is -0.451 e. The van der Waals surface area contributed by atoms with Gasteiger partial charge in [-0.1, -0.05) is 48.0 Å². The zero-order valence-corrected chi connectivity index (χ0v) is 20.4. The van der Waals surface area contributed by atoms with Crippen molar-refractivity contribution in [2.24, 2.45) is 0 Å². The largest absolute Gasteiger partial charge is 0.451 e. The van der Waals surface area contributed by atoms with Crippen LogP contribution >= 0.6 is 15.9 Å². The molecule has 0 aliphatic rings. The molecule has 34 heavy (non-hydrogen) atoms. The summed E-state index contributed by atoms with van der Waals surface area (Å²) in [4.78, 5) is 17.3. The summed E-state index contributed by atoms with van der Waals surface area (Å²) >= 11 is 3.42. The van der Waals surface area contributed by atoms with Crippen molar-refractivity contribution >= 4 is 38.6 Å². The molecule has 0 saturated carbocycles. The van der Waals surface area contributed by atoms with Gasteiger partial charge in [0.15, 0.2) is 11.3 Å². The van der Waals surface area contributed by atoms with Gasteiger partial charge in [0.1, 0.15) is 11.3 Å². The number of anilines is 1. The molecule has 0 fully saturated rings. The molecule has 5 nitrogen and oxygen atoms in total. The third-order valence-corrected chi connectivity index (χ3v) is 6.47. The fourth-order valence-electron chi connectivity index (χ4n) is 3.73. The number of furan rings is 1. The Labute approximate surface area is 205 Å². The van der Waals surface area contributed by atoms with Crippen LogP contribution in [0, 0.1) is 0 Å². The topological polar surface area (TPSA) is 68.3 Å². The van der Waals surface area contributed by atoms with Crippen LogP contribution in [0.5, 0.6) is 0 Å². The molecular weight excluding hydrogens is 492 g/mol. The van der Waals surface area contributed by atoms with Crippen LogP contribution in [0.1, 0.15) is 42.3 Å². The van der Waals surface area contributed by atoms with Gasteiger partial charge in [-0.25, -0.2) is 4.98 Å². The Kier molecular flexibility index (Phi) is 6.07. The fourth-order valence-corrected chi connectivity index (χ4v) is 3.99. The molecule has 6 heteroatoms. The summed E-state index contributed by atoms with van der Waals surface area (Å²) in [5, 5.41) is 2.87. The molecule has 0 unspecified atom stereocenters. The molecule has 2 aromatic heterocycles. The van der Waals surface area contributed by atoms with Crippen LogP contribution in [-0.4, -0.2) is 10.9 Å². The molecule has 3 aromatic carbocycles. The summed E-state index contributed by atoms with van der Waals surface area (Å²) in [6.45, 7) is 4.39. The van der Waals surface area contributed by atoms with E-state index in [-0.39, 0.29) is 11.7 Å². The summed E-state index contributed by atoms with van der Waals surface area (Å²) in [7, 11) is 0. The van der Waals surface area contributed by atoms with Crippen molar-refractivity contribution in [2.45, 2.75) is 26.2 Å². The Morgan fingerprint density at radius 3 is 2.41 bits per heavy atom. The molecule has 0 spiro atoms. The van der Waals surface area contributed by atoms with Gasteiger partial charge < -0.3 is 14.2 Å². The van der Waals surface area contributed by atoms with E-state index in [1.807, 2.05) is 54.6 Å². The van der Waals surface area contributed by atoms with E-state index in [0.29, 0.717) is 23.3 Å². The molecule has 170 valence electrons. The van der Waals surface area contributed by atoms with E-state index in [2.05, 4.69) is 52.2 Å². The smallest absolute Gasteiger partial charge is 0.291 e. The first-order valence-corrected chi connectivity index (χ1v) is 12.0. The van der Waals surface area contributed by atoms with Crippen LogP contribution in [0.15, 0.2) is 92.2 Å². The number of amides is 1. The number of hydrogen-bond acceptors (Lipinski definition) is 4. The molecule has 0 aliphatic heterocycles. The lowest BCUT2D eigenvalue weighted by atomic mass is 9.98. The molecule has 1 amide bonds. The van der Waals surface area contributed by atoms with Crippen molar-refractivity contribution < 1.29 is 13.6 Å². The standard InChI is InChI=1S/C28H23BrN2O3/c1-3-17(2)20-8-13-25-23(16-20)31-28(34-25)19-6-11-22(12-7-19)30-27(32)26-15-14-24(33-26)18-4-9-21(29)10-5-18/h4-17H,3H2,1-2H3,(H,30,32)/t17-/m1/s1. The molecule has 1 atom stereocenters. The molecule has 0 bridgehead atoms. The summed E-state index contributed by atoms with van der Waals surface area (Å²) < 4.78 is 12.7. The van der Waals surface area contributed by atoms with Gasteiger partial charge in [0.2, 0.25) is 5.89 Å². The SMILES string of the molecule is CC[C@@H](C)c1ccc2oc(-c3ccc(NC(=O)c4ccc(-c5ccc(Br)cc5)o4)cc3)nc2c1. The van der Waals surface area contributed by atoms with E-state index in [1.54, 1.807) is 12.1 Å². The number of benzene rings is 3. The number of halogens is 1. The lowest BCUT2D eigenvalue weighted by Crippen LogP contribution is -2.10. The van der Waals surface area contributed by atoms with Gasteiger partial charge in [-0.05, 0) is 78.6 Å². The van der Waals surface area contributed by atoms with Gasteiger partial charge in [0, 0.05) is 21.3 Å². The van der Waals surface area contributed by atoms with Crippen molar-refractivity contribution in [3.05, 3.63) is 94.7 Å². The number of carbonyl (C=O) groups excluding carboxylic acids is 1. The highest BCUT2D eigenvalue weighted by atomic mass is 79.9. The van der Waals surface area contributed by atoms with Crippen LogP contribution in [0.3, 0.4) is 0 Å². The minimum atomic E-state index is -0.310.